The number of aromatic nitrogens is 4. The van der Waals surface area contributed by atoms with Crippen molar-refractivity contribution in [2.45, 2.75) is 77.2 Å². The Morgan fingerprint density at radius 2 is 1.28 bits per heavy atom. The zero-order valence-corrected chi connectivity index (χ0v) is 47.9. The van der Waals surface area contributed by atoms with E-state index in [1.807, 2.05) is 79.7 Å². The molecule has 0 radical (unpaired) electrons. The number of H-pyrrole nitrogens is 1. The number of rotatable bonds is 6. The van der Waals surface area contributed by atoms with Gasteiger partial charge in [-0.05, 0) is 155 Å². The second kappa shape index (κ2) is 21.5. The maximum Gasteiger partial charge on any atom is 0.238 e. The van der Waals surface area contributed by atoms with E-state index >= 15 is 0 Å². The Morgan fingerprint density at radius 3 is 1.97 bits per heavy atom. The Hall–Kier alpha value is -10.1. The molecule has 0 amide bonds. The van der Waals surface area contributed by atoms with Gasteiger partial charge < -0.3 is 30.4 Å². The number of carbonyl (C=O) groups is 3. The summed E-state index contributed by atoms with van der Waals surface area (Å²) in [5.41, 5.74) is 25.6. The molecule has 424 valence electrons. The summed E-state index contributed by atoms with van der Waals surface area (Å²) in [5, 5.41) is 11.5. The number of Topliss-reactive ketones (excluding diaryl/α,β-unsaturated/α-hetero) is 3. The highest BCUT2D eigenvalue weighted by Gasteiger charge is 2.48. The van der Waals surface area contributed by atoms with Crippen molar-refractivity contribution < 1.29 is 23.9 Å². The van der Waals surface area contributed by atoms with E-state index in [9.17, 15) is 14.4 Å². The van der Waals surface area contributed by atoms with E-state index in [1.54, 1.807) is 6.20 Å². The zero-order valence-electron chi connectivity index (χ0n) is 47.9. The maximum atomic E-state index is 12.9. The highest BCUT2D eigenvalue weighted by molar-refractivity contribution is 6.31. The van der Waals surface area contributed by atoms with Crippen molar-refractivity contribution in [1.82, 2.24) is 19.9 Å². The summed E-state index contributed by atoms with van der Waals surface area (Å²) in [7, 11) is 0. The minimum atomic E-state index is -0.0284. The Morgan fingerprint density at radius 1 is 0.616 bits per heavy atom. The van der Waals surface area contributed by atoms with Gasteiger partial charge in [0.05, 0.1) is 17.9 Å². The fourth-order valence-corrected chi connectivity index (χ4v) is 12.9. The number of fused-ring (bicyclic) bond motifs is 7. The number of ketones is 3. The molecule has 14 heteroatoms. The third-order valence-electron chi connectivity index (χ3n) is 17.9. The van der Waals surface area contributed by atoms with Crippen LogP contribution >= 0.6 is 0 Å². The van der Waals surface area contributed by atoms with Crippen LogP contribution in [0.3, 0.4) is 0 Å². The first kappa shape index (κ1) is 52.7. The van der Waals surface area contributed by atoms with E-state index in [2.05, 4.69) is 126 Å². The molecule has 0 atom stereocenters. The van der Waals surface area contributed by atoms with Crippen LogP contribution < -0.4 is 25.4 Å². The number of carbonyl (C=O) groups excluding carboxylic acids is 3. The number of nitrogens with one attached hydrogen (secondary N) is 4. The molecule has 86 heavy (non-hydrogen) atoms. The largest absolute Gasteiger partial charge is 0.474 e. The molecule has 17 rings (SSSR count). The summed E-state index contributed by atoms with van der Waals surface area (Å²) in [6.45, 7) is 7.43. The SMILES string of the molecule is Cc1c(-c2ccc3c(c2)/C(=C/C2=NC=CC2)C(=O)C3)cnc2c1NCC1(CC1)O2.Cc1c(-c2ccc3c(c2)/C(=C/c2c[nH]c4ccccc24)C(=O)C3)cnc2c1NCCO2.O=C1Cc2ccc(-c3cnc4c(c3)NCCC4)cc2/C1=C/C1=CN=CC1. The first-order valence-electron chi connectivity index (χ1n) is 29.7. The van der Waals surface area contributed by atoms with E-state index in [0.717, 1.165) is 203 Å². The third kappa shape index (κ3) is 9.83. The van der Waals surface area contributed by atoms with Crippen molar-refractivity contribution in [3.63, 3.8) is 0 Å². The van der Waals surface area contributed by atoms with Gasteiger partial charge in [0.15, 0.2) is 17.3 Å². The Kier molecular flexibility index (Phi) is 13.2. The number of para-hydroxylation sites is 1. The lowest BCUT2D eigenvalue weighted by molar-refractivity contribution is -0.113. The molecular formula is C72H61N9O5. The van der Waals surface area contributed by atoms with Crippen LogP contribution in [0.4, 0.5) is 17.1 Å². The number of benzene rings is 4. The predicted octanol–water partition coefficient (Wildman–Crippen LogP) is 13.2. The first-order valence-corrected chi connectivity index (χ1v) is 29.7. The van der Waals surface area contributed by atoms with Gasteiger partial charge in [0.25, 0.3) is 0 Å². The molecule has 4 aromatic heterocycles. The number of nitrogens with zero attached hydrogens (tertiary/aromatic N) is 5. The number of aliphatic imine (C=N–C) groups is 2. The number of aromatic amines is 1. The summed E-state index contributed by atoms with van der Waals surface area (Å²) < 4.78 is 11.8. The molecule has 4 aromatic carbocycles. The van der Waals surface area contributed by atoms with Crippen molar-refractivity contribution >= 4 is 80.0 Å². The Labute approximate surface area is 497 Å². The summed E-state index contributed by atoms with van der Waals surface area (Å²) in [5.74, 6) is 1.88. The second-order valence-corrected chi connectivity index (χ2v) is 23.4. The van der Waals surface area contributed by atoms with Crippen molar-refractivity contribution in [2.24, 2.45) is 9.98 Å². The van der Waals surface area contributed by atoms with Gasteiger partial charge in [-0.25, -0.2) is 9.97 Å². The van der Waals surface area contributed by atoms with E-state index in [-0.39, 0.29) is 23.0 Å². The van der Waals surface area contributed by atoms with Crippen LogP contribution in [0.15, 0.2) is 156 Å². The lowest BCUT2D eigenvalue weighted by atomic mass is 9.96. The highest BCUT2D eigenvalue weighted by atomic mass is 16.5. The van der Waals surface area contributed by atoms with Gasteiger partial charge in [0.1, 0.15) is 23.6 Å². The molecular weight excluding hydrogens is 1070 g/mol. The van der Waals surface area contributed by atoms with Crippen LogP contribution in [0.1, 0.15) is 87.9 Å². The smallest absolute Gasteiger partial charge is 0.238 e. The molecule has 4 aliphatic carbocycles. The number of anilines is 3. The van der Waals surface area contributed by atoms with Gasteiger partial charge in [0, 0.05) is 144 Å². The topological polar surface area (TPSA) is 185 Å². The van der Waals surface area contributed by atoms with Crippen LogP contribution in [0, 0.1) is 13.8 Å². The van der Waals surface area contributed by atoms with Gasteiger partial charge in [-0.15, -0.1) is 0 Å². The molecule has 0 bridgehead atoms. The van der Waals surface area contributed by atoms with E-state index in [4.69, 9.17) is 9.47 Å². The van der Waals surface area contributed by atoms with Crippen LogP contribution in [0.25, 0.3) is 67.1 Å². The molecule has 0 unspecified atom stereocenters. The molecule has 0 saturated heterocycles. The lowest BCUT2D eigenvalue weighted by Gasteiger charge is -2.28. The molecule has 8 aromatic rings. The minimum absolute atomic E-state index is 0.0284. The molecule has 14 nitrogen and oxygen atoms in total. The quantitative estimate of drug-likeness (QED) is 0.116. The third-order valence-corrected chi connectivity index (χ3v) is 17.9. The molecule has 1 fully saturated rings. The van der Waals surface area contributed by atoms with Crippen molar-refractivity contribution in [2.75, 3.05) is 42.2 Å². The molecule has 1 saturated carbocycles. The molecule has 4 N–H and O–H groups in total. The molecule has 1 spiro atoms. The second-order valence-electron chi connectivity index (χ2n) is 23.4. The number of hydrogen-bond acceptors (Lipinski definition) is 13. The predicted molar refractivity (Wildman–Crippen MR) is 341 cm³/mol. The molecule has 5 aliphatic heterocycles. The summed E-state index contributed by atoms with van der Waals surface area (Å²) in [6.07, 6.45) is 28.5. The van der Waals surface area contributed by atoms with Gasteiger partial charge in [-0.1, -0.05) is 60.7 Å². The molecule has 9 heterocycles. The van der Waals surface area contributed by atoms with Crippen LogP contribution in [0.5, 0.6) is 11.8 Å². The summed E-state index contributed by atoms with van der Waals surface area (Å²) in [6, 6.07) is 29.2. The highest BCUT2D eigenvalue weighted by Crippen LogP contribution is 2.48. The first-order chi connectivity index (χ1) is 42.1. The van der Waals surface area contributed by atoms with Crippen LogP contribution in [-0.2, 0) is 40.1 Å². The average molecular weight is 1130 g/mol. The van der Waals surface area contributed by atoms with E-state index in [0.29, 0.717) is 37.6 Å². The number of ether oxygens (including phenoxy) is 2. The van der Waals surface area contributed by atoms with Crippen LogP contribution in [-0.4, -0.2) is 81.1 Å². The van der Waals surface area contributed by atoms with Crippen LogP contribution in [0.2, 0.25) is 0 Å². The minimum Gasteiger partial charge on any atom is -0.474 e. The number of allylic oxidation sites excluding steroid dienone is 7. The van der Waals surface area contributed by atoms with Gasteiger partial charge >= 0.3 is 0 Å². The fraction of sp³-hybridized carbons (Fsp3) is 0.222. The number of aryl methyl sites for hydroxylation is 1. The summed E-state index contributed by atoms with van der Waals surface area (Å²) >= 11 is 0. The van der Waals surface area contributed by atoms with Gasteiger partial charge in [-0.3, -0.25) is 29.4 Å². The lowest BCUT2D eigenvalue weighted by Crippen LogP contribution is -2.33. The normalized spacial score (nSPS) is 19.0. The average Bonchev–Trinajstić information content (AvgIpc) is 1.94. The van der Waals surface area contributed by atoms with Crippen molar-refractivity contribution in [3.05, 3.63) is 202 Å². The van der Waals surface area contributed by atoms with Gasteiger partial charge in [-0.2, -0.15) is 0 Å². The summed E-state index contributed by atoms with van der Waals surface area (Å²) in [4.78, 5) is 63.5. The number of pyridine rings is 3. The van der Waals surface area contributed by atoms with Crippen molar-refractivity contribution in [3.8, 4) is 45.1 Å². The Bertz CT molecular complexity index is 4470. The fourth-order valence-electron chi connectivity index (χ4n) is 12.9. The zero-order chi connectivity index (χ0) is 58.0. The molecule has 9 aliphatic rings. The van der Waals surface area contributed by atoms with E-state index in [1.165, 1.54) is 0 Å². The number of hydrogen-bond donors (Lipinski definition) is 4. The Balaban J connectivity index is 0.000000109. The standard InChI is InChI=1S/C26H21N3O2.C24H21N3O2.C22H19N3O/c1-15-22(14-29-26-25(15)27-8-9-31-26)16-6-7-17-12-24(30)21(20(17)10-16)11-18-13-28-23-5-3-2-4-19(18)23;1-14-20(12-26-23-22(14)27-13-24(29-23)6-7-24)15-4-5-16-10-21(28)19(18(16)9-15)11-17-3-2-8-25-17;26-22-11-16-4-3-15(9-18(16)19(22)8-14-5-7-23-12-14)17-10-21-20(25-13-17)2-1-6-24-21/h2-7,10-11,13-14,27-28H,8-9,12H2,1H3;2,4-5,8-9,11-12,27H,3,6-7,10,13H2,1H3;3-4,7-10,12-13,24H,1-2,5-6,11H2/b21-11-;19-11-;19-8-. The van der Waals surface area contributed by atoms with E-state index < -0.39 is 0 Å². The van der Waals surface area contributed by atoms with Gasteiger partial charge in [0.2, 0.25) is 11.8 Å². The maximum absolute atomic E-state index is 12.9. The van der Waals surface area contributed by atoms with Crippen molar-refractivity contribution in [1.29, 1.82) is 0 Å². The monoisotopic (exact) mass is 1130 g/mol.